The number of aliphatic hydroxyl groups excluding tert-OH is 1. The van der Waals surface area contributed by atoms with Gasteiger partial charge >= 0.3 is 5.97 Å². The van der Waals surface area contributed by atoms with E-state index in [1.54, 1.807) is 20.8 Å². The van der Waals surface area contributed by atoms with E-state index in [2.05, 4.69) is 0 Å². The fraction of sp³-hybridized carbons (Fsp3) is 0.769. The topological polar surface area (TPSA) is 97.7 Å². The molecule has 0 aliphatic rings. The molecule has 6 heteroatoms. The third-order valence-corrected chi connectivity index (χ3v) is 5.07. The van der Waals surface area contributed by atoms with E-state index in [9.17, 15) is 24.3 Å². The molecule has 0 aromatic carbocycles. The third-order valence-electron chi connectivity index (χ3n) is 5.07. The van der Waals surface area contributed by atoms with Crippen molar-refractivity contribution < 1.29 is 29.0 Å². The number of esters is 1. The molecule has 1 N–H and O–H groups in total. The van der Waals surface area contributed by atoms with E-state index in [0.29, 0.717) is 31.1 Å². The molecule has 1 atom stereocenters. The highest BCUT2D eigenvalue weighted by molar-refractivity contribution is 6.21. The molecular formula is C26H44O6. The van der Waals surface area contributed by atoms with E-state index in [4.69, 9.17) is 4.74 Å². The number of carbonyl (C=O) groups excluding carboxylic acids is 4. The van der Waals surface area contributed by atoms with Crippen LogP contribution in [0.15, 0.2) is 11.5 Å². The van der Waals surface area contributed by atoms with Crippen molar-refractivity contribution in [1.82, 2.24) is 0 Å². The third kappa shape index (κ3) is 11.6. The van der Waals surface area contributed by atoms with Crippen LogP contribution in [-0.2, 0) is 23.9 Å². The van der Waals surface area contributed by atoms with Gasteiger partial charge in [0.15, 0.2) is 11.6 Å². The minimum atomic E-state index is -0.954. The van der Waals surface area contributed by atoms with Crippen LogP contribution in [-0.4, -0.2) is 28.4 Å². The maximum atomic E-state index is 13.4. The van der Waals surface area contributed by atoms with Gasteiger partial charge in [-0.3, -0.25) is 19.2 Å². The summed E-state index contributed by atoms with van der Waals surface area (Å²) >= 11 is 0. The number of hydrogen-bond acceptors (Lipinski definition) is 6. The van der Waals surface area contributed by atoms with Crippen LogP contribution in [0.2, 0.25) is 0 Å². The Hall–Kier alpha value is -1.98. The second-order valence-electron chi connectivity index (χ2n) is 11.0. The Morgan fingerprint density at radius 3 is 1.75 bits per heavy atom. The van der Waals surface area contributed by atoms with Crippen LogP contribution in [0.1, 0.15) is 101 Å². The fourth-order valence-corrected chi connectivity index (χ4v) is 3.02. The normalized spacial score (nSPS) is 13.9. The zero-order valence-corrected chi connectivity index (χ0v) is 21.5. The van der Waals surface area contributed by atoms with Crippen LogP contribution >= 0.6 is 0 Å². The predicted molar refractivity (Wildman–Crippen MR) is 126 cm³/mol. The lowest BCUT2D eigenvalue weighted by Gasteiger charge is -2.20. The fourth-order valence-electron chi connectivity index (χ4n) is 3.02. The van der Waals surface area contributed by atoms with Gasteiger partial charge in [0.25, 0.3) is 5.95 Å². The summed E-state index contributed by atoms with van der Waals surface area (Å²) in [7, 11) is 0. The first-order chi connectivity index (χ1) is 14.6. The highest BCUT2D eigenvalue weighted by Gasteiger charge is 2.34. The lowest BCUT2D eigenvalue weighted by molar-refractivity contribution is -0.153. The van der Waals surface area contributed by atoms with Crippen LogP contribution in [0.25, 0.3) is 0 Å². The van der Waals surface area contributed by atoms with Crippen LogP contribution in [0.4, 0.5) is 0 Å². The number of ether oxygens (including phenoxy) is 1. The molecule has 184 valence electrons. The summed E-state index contributed by atoms with van der Waals surface area (Å²) in [5.41, 5.74) is -1.42. The van der Waals surface area contributed by atoms with Crippen molar-refractivity contribution in [2.45, 2.75) is 101 Å². The second-order valence-corrected chi connectivity index (χ2v) is 11.0. The molecular weight excluding hydrogens is 408 g/mol. The Morgan fingerprint density at radius 2 is 1.31 bits per heavy atom. The van der Waals surface area contributed by atoms with E-state index in [1.807, 2.05) is 41.5 Å². The van der Waals surface area contributed by atoms with Crippen LogP contribution < -0.4 is 0 Å². The Labute approximate surface area is 194 Å². The van der Waals surface area contributed by atoms with Gasteiger partial charge in [-0.15, -0.1) is 0 Å². The predicted octanol–water partition coefficient (Wildman–Crippen LogP) is 5.98. The Bertz CT molecular complexity index is 692. The van der Waals surface area contributed by atoms with Gasteiger partial charge in [0.1, 0.15) is 11.4 Å². The first kappa shape index (κ1) is 30.0. The summed E-state index contributed by atoms with van der Waals surface area (Å²) in [6, 6.07) is 0. The van der Waals surface area contributed by atoms with Crippen molar-refractivity contribution in [3.63, 3.8) is 0 Å². The van der Waals surface area contributed by atoms with Crippen LogP contribution in [0.5, 0.6) is 0 Å². The molecule has 0 unspecified atom stereocenters. The lowest BCUT2D eigenvalue weighted by Crippen LogP contribution is -2.29. The molecule has 0 saturated heterocycles. The average molecular weight is 453 g/mol. The Morgan fingerprint density at radius 1 is 0.781 bits per heavy atom. The minimum absolute atomic E-state index is 0.0111. The molecule has 0 radical (unpaired) electrons. The molecule has 0 heterocycles. The summed E-state index contributed by atoms with van der Waals surface area (Å²) in [5.74, 6) is -3.05. The Kier molecular flexibility index (Phi) is 12.7. The maximum absolute atomic E-state index is 13.4. The van der Waals surface area contributed by atoms with Crippen molar-refractivity contribution >= 4 is 23.3 Å². The van der Waals surface area contributed by atoms with Crippen molar-refractivity contribution in [1.29, 1.82) is 0 Å². The SMILES string of the molecule is CC(C)CCC(=O)C[C@@H](CCC(C)C)C(=O)/C(C(=O)CC(C)C)=C(/O)OC(=O)C(C)(C)C. The molecule has 0 bridgehead atoms. The molecule has 0 aromatic heterocycles. The molecule has 0 spiro atoms. The van der Waals surface area contributed by atoms with Gasteiger partial charge in [-0.2, -0.15) is 0 Å². The second kappa shape index (κ2) is 13.5. The van der Waals surface area contributed by atoms with Crippen molar-refractivity contribution in [2.75, 3.05) is 0 Å². The largest absolute Gasteiger partial charge is 0.480 e. The molecule has 0 aromatic rings. The van der Waals surface area contributed by atoms with E-state index in [1.165, 1.54) is 0 Å². The van der Waals surface area contributed by atoms with Gasteiger partial charge < -0.3 is 9.84 Å². The quantitative estimate of drug-likeness (QED) is 0.114. The smallest absolute Gasteiger partial charge is 0.319 e. The highest BCUT2D eigenvalue weighted by Crippen LogP contribution is 2.26. The number of hydrogen-bond donors (Lipinski definition) is 1. The summed E-state index contributed by atoms with van der Waals surface area (Å²) in [6.45, 7) is 16.6. The molecule has 32 heavy (non-hydrogen) atoms. The van der Waals surface area contributed by atoms with Gasteiger partial charge in [0.05, 0.1) is 5.41 Å². The first-order valence-electron chi connectivity index (χ1n) is 11.8. The zero-order chi connectivity index (χ0) is 25.2. The van der Waals surface area contributed by atoms with Gasteiger partial charge in [-0.05, 0) is 51.4 Å². The number of rotatable bonds is 14. The maximum Gasteiger partial charge on any atom is 0.319 e. The van der Waals surface area contributed by atoms with E-state index < -0.39 is 40.4 Å². The summed E-state index contributed by atoms with van der Waals surface area (Å²) in [4.78, 5) is 51.2. The van der Waals surface area contributed by atoms with Gasteiger partial charge in [-0.1, -0.05) is 48.0 Å². The number of allylic oxidation sites excluding steroid dienone is 1. The summed E-state index contributed by atoms with van der Waals surface area (Å²) in [6.07, 6.45) is 2.25. The molecule has 0 rings (SSSR count). The number of carbonyl (C=O) groups is 4. The molecule has 0 fully saturated rings. The number of aliphatic hydroxyl groups is 1. The van der Waals surface area contributed by atoms with Crippen molar-refractivity contribution in [3.8, 4) is 0 Å². The van der Waals surface area contributed by atoms with E-state index in [-0.39, 0.29) is 24.5 Å². The van der Waals surface area contributed by atoms with Gasteiger partial charge in [0, 0.05) is 25.2 Å². The minimum Gasteiger partial charge on any atom is -0.480 e. The van der Waals surface area contributed by atoms with Crippen LogP contribution in [0.3, 0.4) is 0 Å². The summed E-state index contributed by atoms with van der Waals surface area (Å²) in [5, 5.41) is 10.5. The first-order valence-corrected chi connectivity index (χ1v) is 11.8. The molecule has 0 aliphatic heterocycles. The molecule has 0 amide bonds. The zero-order valence-electron chi connectivity index (χ0n) is 21.5. The van der Waals surface area contributed by atoms with Gasteiger partial charge in [-0.25, -0.2) is 0 Å². The Balaban J connectivity index is 6.04. The lowest BCUT2D eigenvalue weighted by atomic mass is 9.84. The molecule has 0 aliphatic carbocycles. The van der Waals surface area contributed by atoms with Crippen molar-refractivity contribution in [3.05, 3.63) is 11.5 Å². The van der Waals surface area contributed by atoms with E-state index >= 15 is 0 Å². The molecule has 6 nitrogen and oxygen atoms in total. The summed E-state index contributed by atoms with van der Waals surface area (Å²) < 4.78 is 5.03. The number of ketones is 3. The number of Topliss-reactive ketones (excluding diaryl/α,β-unsaturated/α-hetero) is 3. The van der Waals surface area contributed by atoms with Crippen LogP contribution in [0, 0.1) is 29.1 Å². The standard InChI is InChI=1S/C26H44O6/c1-16(2)10-12-19(15-20(27)13-11-17(3)4)23(29)22(21(28)14-18(5)6)24(30)32-25(31)26(7,8)9/h16-19,30H,10-15H2,1-9H3/b24-22-/t19-/m1/s1. The monoisotopic (exact) mass is 452 g/mol. The van der Waals surface area contributed by atoms with E-state index in [0.717, 1.165) is 6.42 Å². The van der Waals surface area contributed by atoms with Gasteiger partial charge in [0.2, 0.25) is 0 Å². The highest BCUT2D eigenvalue weighted by atomic mass is 16.6. The average Bonchev–Trinajstić information content (AvgIpc) is 2.61. The molecule has 0 saturated carbocycles. The van der Waals surface area contributed by atoms with Crippen molar-refractivity contribution in [2.24, 2.45) is 29.1 Å².